The molecule has 0 heterocycles. The standard InChI is InChI=1S/C26H33N3/c1-26(20-8-14-23(15-9-20)27(2)3,21-10-16-24(17-11-21)28(4)5)22-12-18-25(19-13-22)29(6)7/h8-19H,1-7H3. The van der Waals surface area contributed by atoms with Gasteiger partial charge in [-0.2, -0.15) is 0 Å². The van der Waals surface area contributed by atoms with Crippen LogP contribution in [0, 0.1) is 0 Å². The van der Waals surface area contributed by atoms with Crippen LogP contribution in [0.5, 0.6) is 0 Å². The summed E-state index contributed by atoms with van der Waals surface area (Å²) in [6, 6.07) is 26.8. The molecule has 0 saturated carbocycles. The lowest BCUT2D eigenvalue weighted by molar-refractivity contribution is 0.692. The minimum atomic E-state index is -0.236. The lowest BCUT2D eigenvalue weighted by Gasteiger charge is -2.33. The molecule has 0 unspecified atom stereocenters. The van der Waals surface area contributed by atoms with Crippen LogP contribution in [0.25, 0.3) is 0 Å². The zero-order chi connectivity index (χ0) is 21.2. The number of rotatable bonds is 6. The molecule has 3 rings (SSSR count). The summed E-state index contributed by atoms with van der Waals surface area (Å²) in [7, 11) is 12.5. The second-order valence-electron chi connectivity index (χ2n) is 8.45. The van der Waals surface area contributed by atoms with Crippen LogP contribution in [0.4, 0.5) is 17.1 Å². The van der Waals surface area contributed by atoms with Gasteiger partial charge in [0.25, 0.3) is 0 Å². The van der Waals surface area contributed by atoms with E-state index in [0.717, 1.165) is 0 Å². The second kappa shape index (κ2) is 8.20. The summed E-state index contributed by atoms with van der Waals surface area (Å²) in [5, 5.41) is 0. The second-order valence-corrected chi connectivity index (χ2v) is 8.45. The van der Waals surface area contributed by atoms with Crippen LogP contribution in [0.3, 0.4) is 0 Å². The molecular formula is C26H33N3. The molecule has 3 aromatic rings. The maximum atomic E-state index is 2.33. The Morgan fingerprint density at radius 3 is 0.793 bits per heavy atom. The Kier molecular flexibility index (Phi) is 5.88. The van der Waals surface area contributed by atoms with E-state index in [1.807, 2.05) is 0 Å². The Morgan fingerprint density at radius 2 is 0.621 bits per heavy atom. The molecule has 152 valence electrons. The first kappa shape index (κ1) is 20.8. The van der Waals surface area contributed by atoms with Crippen LogP contribution in [-0.2, 0) is 5.41 Å². The molecule has 0 aliphatic rings. The molecule has 0 saturated heterocycles. The van der Waals surface area contributed by atoms with Gasteiger partial charge in [-0.3, -0.25) is 0 Å². The van der Waals surface area contributed by atoms with Crippen molar-refractivity contribution in [2.24, 2.45) is 0 Å². The Morgan fingerprint density at radius 1 is 0.414 bits per heavy atom. The monoisotopic (exact) mass is 387 g/mol. The van der Waals surface area contributed by atoms with Crippen molar-refractivity contribution in [2.45, 2.75) is 12.3 Å². The van der Waals surface area contributed by atoms with E-state index in [1.54, 1.807) is 0 Å². The van der Waals surface area contributed by atoms with Crippen molar-refractivity contribution in [3.63, 3.8) is 0 Å². The summed E-state index contributed by atoms with van der Waals surface area (Å²) in [5.41, 5.74) is 7.27. The molecule has 3 heteroatoms. The molecule has 0 bridgehead atoms. The molecule has 0 spiro atoms. The molecule has 3 aromatic carbocycles. The Hall–Kier alpha value is -2.94. The van der Waals surface area contributed by atoms with Gasteiger partial charge in [-0.05, 0) is 60.0 Å². The summed E-state index contributed by atoms with van der Waals surface area (Å²) in [4.78, 5) is 6.41. The molecule has 0 fully saturated rings. The molecule has 3 nitrogen and oxygen atoms in total. The SMILES string of the molecule is CN(C)c1ccc(C(C)(c2ccc(N(C)C)cc2)c2ccc(N(C)C)cc2)cc1. The summed E-state index contributed by atoms with van der Waals surface area (Å²) < 4.78 is 0. The molecular weight excluding hydrogens is 354 g/mol. The van der Waals surface area contributed by atoms with Crippen molar-refractivity contribution in [1.82, 2.24) is 0 Å². The van der Waals surface area contributed by atoms with Crippen LogP contribution in [0.2, 0.25) is 0 Å². The van der Waals surface area contributed by atoms with Gasteiger partial charge in [0.2, 0.25) is 0 Å². The number of nitrogens with zero attached hydrogens (tertiary/aromatic N) is 3. The summed E-state index contributed by atoms with van der Waals surface area (Å²) in [6.07, 6.45) is 0. The predicted molar refractivity (Wildman–Crippen MR) is 128 cm³/mol. The van der Waals surface area contributed by atoms with Crippen molar-refractivity contribution in [1.29, 1.82) is 0 Å². The lowest BCUT2D eigenvalue weighted by Crippen LogP contribution is -2.26. The average molecular weight is 388 g/mol. The maximum absolute atomic E-state index is 2.33. The lowest BCUT2D eigenvalue weighted by atomic mass is 9.71. The maximum Gasteiger partial charge on any atom is 0.0423 e. The average Bonchev–Trinajstić information content (AvgIpc) is 2.73. The number of benzene rings is 3. The first-order valence-corrected chi connectivity index (χ1v) is 10.1. The smallest absolute Gasteiger partial charge is 0.0423 e. The third kappa shape index (κ3) is 4.09. The third-order valence-electron chi connectivity index (χ3n) is 5.88. The fourth-order valence-electron chi connectivity index (χ4n) is 3.78. The minimum Gasteiger partial charge on any atom is -0.378 e. The Bertz CT molecular complexity index is 796. The highest BCUT2D eigenvalue weighted by atomic mass is 15.1. The molecule has 0 atom stereocenters. The predicted octanol–water partition coefficient (Wildman–Crippen LogP) is 5.24. The van der Waals surface area contributed by atoms with E-state index in [1.165, 1.54) is 33.8 Å². The highest BCUT2D eigenvalue weighted by molar-refractivity contribution is 5.58. The molecule has 0 aliphatic heterocycles. The van der Waals surface area contributed by atoms with Crippen molar-refractivity contribution in [2.75, 3.05) is 57.0 Å². The third-order valence-corrected chi connectivity index (χ3v) is 5.88. The van der Waals surface area contributed by atoms with Gasteiger partial charge in [-0.15, -0.1) is 0 Å². The van der Waals surface area contributed by atoms with Gasteiger partial charge >= 0.3 is 0 Å². The summed E-state index contributed by atoms with van der Waals surface area (Å²) in [6.45, 7) is 2.33. The zero-order valence-corrected chi connectivity index (χ0v) is 18.8. The largest absolute Gasteiger partial charge is 0.378 e. The van der Waals surface area contributed by atoms with E-state index < -0.39 is 0 Å². The van der Waals surface area contributed by atoms with Gasteiger partial charge in [-0.1, -0.05) is 36.4 Å². The molecule has 0 aromatic heterocycles. The Balaban J connectivity index is 2.14. The number of anilines is 3. The van der Waals surface area contributed by atoms with Gasteiger partial charge in [-0.25, -0.2) is 0 Å². The number of hydrogen-bond donors (Lipinski definition) is 0. The van der Waals surface area contributed by atoms with E-state index in [4.69, 9.17) is 0 Å². The van der Waals surface area contributed by atoms with Crippen LogP contribution in [0.15, 0.2) is 72.8 Å². The molecule has 29 heavy (non-hydrogen) atoms. The van der Waals surface area contributed by atoms with E-state index in [2.05, 4.69) is 137 Å². The molecule has 0 amide bonds. The van der Waals surface area contributed by atoms with Gasteiger partial charge in [0.1, 0.15) is 0 Å². The molecule has 0 radical (unpaired) electrons. The first-order valence-electron chi connectivity index (χ1n) is 10.1. The quantitative estimate of drug-likeness (QED) is 0.536. The topological polar surface area (TPSA) is 9.72 Å². The zero-order valence-electron chi connectivity index (χ0n) is 18.8. The summed E-state index contributed by atoms with van der Waals surface area (Å²) >= 11 is 0. The van der Waals surface area contributed by atoms with E-state index >= 15 is 0 Å². The van der Waals surface area contributed by atoms with Crippen LogP contribution >= 0.6 is 0 Å². The minimum absolute atomic E-state index is 0.236. The van der Waals surface area contributed by atoms with Crippen LogP contribution in [-0.4, -0.2) is 42.3 Å². The van der Waals surface area contributed by atoms with Crippen molar-refractivity contribution >= 4 is 17.1 Å². The van der Waals surface area contributed by atoms with Crippen molar-refractivity contribution in [3.8, 4) is 0 Å². The normalized spacial score (nSPS) is 11.3. The molecule has 0 aliphatic carbocycles. The Labute approximate surface area is 176 Å². The van der Waals surface area contributed by atoms with E-state index in [9.17, 15) is 0 Å². The first-order chi connectivity index (χ1) is 13.7. The fourth-order valence-corrected chi connectivity index (χ4v) is 3.78. The van der Waals surface area contributed by atoms with Crippen LogP contribution in [0.1, 0.15) is 23.6 Å². The van der Waals surface area contributed by atoms with Gasteiger partial charge in [0.05, 0.1) is 0 Å². The fraction of sp³-hybridized carbons (Fsp3) is 0.308. The number of hydrogen-bond acceptors (Lipinski definition) is 3. The van der Waals surface area contributed by atoms with E-state index in [0.29, 0.717) is 0 Å². The van der Waals surface area contributed by atoms with Crippen molar-refractivity contribution in [3.05, 3.63) is 89.5 Å². The van der Waals surface area contributed by atoms with Gasteiger partial charge in [0, 0.05) is 64.8 Å². The van der Waals surface area contributed by atoms with Gasteiger partial charge in [0.15, 0.2) is 0 Å². The summed E-state index contributed by atoms with van der Waals surface area (Å²) in [5.74, 6) is 0. The van der Waals surface area contributed by atoms with Crippen molar-refractivity contribution < 1.29 is 0 Å². The highest BCUT2D eigenvalue weighted by Gasteiger charge is 2.31. The highest BCUT2D eigenvalue weighted by Crippen LogP contribution is 2.40. The van der Waals surface area contributed by atoms with Gasteiger partial charge < -0.3 is 14.7 Å². The molecule has 0 N–H and O–H groups in total. The van der Waals surface area contributed by atoms with Crippen LogP contribution < -0.4 is 14.7 Å². The van der Waals surface area contributed by atoms with E-state index in [-0.39, 0.29) is 5.41 Å².